The number of hydrogen-bond acceptors (Lipinski definition) is 7. The van der Waals surface area contributed by atoms with Gasteiger partial charge < -0.3 is 15.1 Å². The van der Waals surface area contributed by atoms with E-state index in [1.807, 2.05) is 18.2 Å². The van der Waals surface area contributed by atoms with Crippen LogP contribution in [0.3, 0.4) is 0 Å². The molecule has 5 rings (SSSR count). The van der Waals surface area contributed by atoms with E-state index < -0.39 is 0 Å². The van der Waals surface area contributed by atoms with Crippen molar-refractivity contribution in [3.05, 3.63) is 60.6 Å². The Kier molecular flexibility index (Phi) is 6.17. The molecule has 0 atom stereocenters. The number of likely N-dealkylation sites (N-methyl/N-ethyl adjacent to an activating group) is 1. The summed E-state index contributed by atoms with van der Waals surface area (Å²) in [6.45, 7) is 6.50. The van der Waals surface area contributed by atoms with Crippen LogP contribution in [0.15, 0.2) is 54.9 Å². The van der Waals surface area contributed by atoms with Gasteiger partial charge in [-0.1, -0.05) is 13.3 Å². The van der Waals surface area contributed by atoms with Crippen LogP contribution in [0.1, 0.15) is 25.5 Å². The summed E-state index contributed by atoms with van der Waals surface area (Å²) in [4.78, 5) is 14.1. The Labute approximate surface area is 194 Å². The second-order valence-corrected chi connectivity index (χ2v) is 8.55. The number of benzene rings is 1. The minimum Gasteiger partial charge on any atom is -0.369 e. The minimum absolute atomic E-state index is 0.574. The predicted octanol–water partition coefficient (Wildman–Crippen LogP) is 4.02. The van der Waals surface area contributed by atoms with Crippen molar-refractivity contribution in [3.8, 4) is 11.3 Å². The molecule has 0 bridgehead atoms. The van der Waals surface area contributed by atoms with Crippen molar-refractivity contribution in [2.75, 3.05) is 43.4 Å². The van der Waals surface area contributed by atoms with Crippen molar-refractivity contribution in [2.24, 2.45) is 0 Å². The van der Waals surface area contributed by atoms with Gasteiger partial charge >= 0.3 is 0 Å². The van der Waals surface area contributed by atoms with E-state index in [-0.39, 0.29) is 0 Å². The van der Waals surface area contributed by atoms with Crippen molar-refractivity contribution < 1.29 is 0 Å². The summed E-state index contributed by atoms with van der Waals surface area (Å²) < 4.78 is 1.70. The van der Waals surface area contributed by atoms with E-state index in [4.69, 9.17) is 10.1 Å². The maximum absolute atomic E-state index is 4.83. The minimum atomic E-state index is 0.574. The van der Waals surface area contributed by atoms with Gasteiger partial charge in [0.1, 0.15) is 0 Å². The second-order valence-electron chi connectivity index (χ2n) is 8.55. The van der Waals surface area contributed by atoms with Gasteiger partial charge in [0.25, 0.3) is 0 Å². The van der Waals surface area contributed by atoms with Crippen LogP contribution in [0, 0.1) is 0 Å². The number of anilines is 3. The number of nitrogens with zero attached hydrogens (tertiary/aromatic N) is 7. The molecular weight excluding hydrogens is 412 g/mol. The summed E-state index contributed by atoms with van der Waals surface area (Å²) >= 11 is 0. The maximum atomic E-state index is 4.83. The molecule has 3 aromatic heterocycles. The number of piperazine rings is 1. The molecule has 33 heavy (non-hydrogen) atoms. The van der Waals surface area contributed by atoms with Gasteiger partial charge in [0.05, 0.1) is 22.5 Å². The topological polar surface area (TPSA) is 74.5 Å². The molecule has 1 fully saturated rings. The van der Waals surface area contributed by atoms with Gasteiger partial charge in [-0.25, -0.2) is 9.97 Å². The maximum Gasteiger partial charge on any atom is 0.227 e. The molecule has 0 aliphatic carbocycles. The molecule has 1 N–H and O–H groups in total. The predicted molar refractivity (Wildman–Crippen MR) is 132 cm³/mol. The fraction of sp³-hybridized carbons (Fsp3) is 0.360. The lowest BCUT2D eigenvalue weighted by molar-refractivity contribution is 0.313. The zero-order chi connectivity index (χ0) is 22.6. The Morgan fingerprint density at radius 2 is 1.79 bits per heavy atom. The molecule has 0 saturated carbocycles. The summed E-state index contributed by atoms with van der Waals surface area (Å²) in [5, 5.41) is 12.5. The molecule has 1 aliphatic heterocycles. The van der Waals surface area contributed by atoms with Crippen molar-refractivity contribution in [1.82, 2.24) is 29.7 Å². The Hall–Kier alpha value is -3.52. The highest BCUT2D eigenvalue weighted by atomic mass is 15.4. The van der Waals surface area contributed by atoms with Crippen LogP contribution >= 0.6 is 0 Å². The Morgan fingerprint density at radius 1 is 0.970 bits per heavy atom. The zero-order valence-corrected chi connectivity index (χ0v) is 19.3. The van der Waals surface area contributed by atoms with Gasteiger partial charge in [-0.15, -0.1) is 0 Å². The molecule has 0 radical (unpaired) electrons. The van der Waals surface area contributed by atoms with Gasteiger partial charge in [0, 0.05) is 49.9 Å². The van der Waals surface area contributed by atoms with Crippen molar-refractivity contribution in [3.63, 3.8) is 0 Å². The third kappa shape index (κ3) is 4.66. The fourth-order valence-corrected chi connectivity index (χ4v) is 4.25. The quantitative estimate of drug-likeness (QED) is 0.463. The van der Waals surface area contributed by atoms with E-state index in [1.165, 1.54) is 5.69 Å². The fourth-order valence-electron chi connectivity index (χ4n) is 4.25. The van der Waals surface area contributed by atoms with E-state index >= 15 is 0 Å². The van der Waals surface area contributed by atoms with Crippen LogP contribution < -0.4 is 10.2 Å². The average molecular weight is 443 g/mol. The first kappa shape index (κ1) is 21.3. The first-order valence-corrected chi connectivity index (χ1v) is 11.7. The zero-order valence-electron chi connectivity index (χ0n) is 19.3. The SMILES string of the molecule is CCCCc1nn2ncccc2c1-c1ccnc(Nc2ccc(N3CCN(C)CC3)cc2)n1. The monoisotopic (exact) mass is 442 g/mol. The molecule has 1 saturated heterocycles. The van der Waals surface area contributed by atoms with Gasteiger partial charge in [0.2, 0.25) is 5.95 Å². The smallest absolute Gasteiger partial charge is 0.227 e. The summed E-state index contributed by atoms with van der Waals surface area (Å²) in [6.07, 6.45) is 6.64. The van der Waals surface area contributed by atoms with E-state index in [0.717, 1.165) is 73.6 Å². The second kappa shape index (κ2) is 9.54. The van der Waals surface area contributed by atoms with Crippen LogP contribution in [0.5, 0.6) is 0 Å². The van der Waals surface area contributed by atoms with Crippen LogP contribution in [0.2, 0.25) is 0 Å². The molecular formula is C25H30N8. The summed E-state index contributed by atoms with van der Waals surface area (Å²) in [5.74, 6) is 0.574. The van der Waals surface area contributed by atoms with Crippen LogP contribution in [-0.4, -0.2) is 62.9 Å². The number of aryl methyl sites for hydroxylation is 1. The summed E-state index contributed by atoms with van der Waals surface area (Å²) in [5.41, 5.74) is 6.10. The lowest BCUT2D eigenvalue weighted by Gasteiger charge is -2.34. The van der Waals surface area contributed by atoms with Crippen LogP contribution in [0.25, 0.3) is 16.8 Å². The molecule has 0 amide bonds. The van der Waals surface area contributed by atoms with Crippen molar-refractivity contribution in [1.29, 1.82) is 0 Å². The van der Waals surface area contributed by atoms with Crippen LogP contribution in [-0.2, 0) is 6.42 Å². The van der Waals surface area contributed by atoms with Crippen molar-refractivity contribution in [2.45, 2.75) is 26.2 Å². The number of hydrogen-bond donors (Lipinski definition) is 1. The molecule has 4 heterocycles. The molecule has 1 aromatic carbocycles. The number of fused-ring (bicyclic) bond motifs is 1. The first-order valence-electron chi connectivity index (χ1n) is 11.7. The summed E-state index contributed by atoms with van der Waals surface area (Å²) in [6, 6.07) is 14.4. The molecule has 0 unspecified atom stereocenters. The average Bonchev–Trinajstić information content (AvgIpc) is 3.22. The highest BCUT2D eigenvalue weighted by Gasteiger charge is 2.17. The number of unbranched alkanes of at least 4 members (excludes halogenated alkanes) is 1. The van der Waals surface area contributed by atoms with E-state index in [9.17, 15) is 0 Å². The molecule has 8 nitrogen and oxygen atoms in total. The Bertz CT molecular complexity index is 1210. The first-order chi connectivity index (χ1) is 16.2. The number of nitrogens with one attached hydrogen (secondary N) is 1. The molecule has 0 spiro atoms. The third-order valence-electron chi connectivity index (χ3n) is 6.16. The van der Waals surface area contributed by atoms with Gasteiger partial charge in [0.15, 0.2) is 0 Å². The highest BCUT2D eigenvalue weighted by Crippen LogP contribution is 2.29. The molecule has 8 heteroatoms. The van der Waals surface area contributed by atoms with Gasteiger partial charge in [-0.2, -0.15) is 14.8 Å². The largest absolute Gasteiger partial charge is 0.369 e. The third-order valence-corrected chi connectivity index (χ3v) is 6.16. The van der Waals surface area contributed by atoms with Gasteiger partial charge in [-0.3, -0.25) is 0 Å². The van der Waals surface area contributed by atoms with E-state index in [0.29, 0.717) is 5.95 Å². The Morgan fingerprint density at radius 3 is 2.58 bits per heavy atom. The lowest BCUT2D eigenvalue weighted by atomic mass is 10.1. The lowest BCUT2D eigenvalue weighted by Crippen LogP contribution is -2.44. The van der Waals surface area contributed by atoms with Gasteiger partial charge in [-0.05, 0) is 62.4 Å². The molecule has 170 valence electrons. The molecule has 4 aromatic rings. The Balaban J connectivity index is 1.38. The summed E-state index contributed by atoms with van der Waals surface area (Å²) in [7, 11) is 2.18. The van der Waals surface area contributed by atoms with Crippen LogP contribution in [0.4, 0.5) is 17.3 Å². The van der Waals surface area contributed by atoms with E-state index in [2.05, 4.69) is 63.4 Å². The number of aromatic nitrogens is 5. The highest BCUT2D eigenvalue weighted by molar-refractivity contribution is 5.80. The van der Waals surface area contributed by atoms with Crippen molar-refractivity contribution >= 4 is 22.8 Å². The normalized spacial score (nSPS) is 14.7. The number of rotatable bonds is 7. The molecule has 1 aliphatic rings. The standard InChI is InChI=1S/C25H30N8/c1-3-4-6-22-24(23-7-5-13-27-33(23)30-22)21-12-14-26-25(29-21)28-19-8-10-20(11-9-19)32-17-15-31(2)16-18-32/h5,7-14H,3-4,6,15-18H2,1-2H3,(H,26,28,29). The van der Waals surface area contributed by atoms with E-state index in [1.54, 1.807) is 17.0 Å².